The monoisotopic (exact) mass is 297 g/mol. The van der Waals surface area contributed by atoms with Crippen LogP contribution in [0.1, 0.15) is 31.2 Å². The zero-order chi connectivity index (χ0) is 15.7. The van der Waals surface area contributed by atoms with Gasteiger partial charge in [0, 0.05) is 19.4 Å². The van der Waals surface area contributed by atoms with Crippen molar-refractivity contribution in [3.63, 3.8) is 0 Å². The molecule has 5 nitrogen and oxygen atoms in total. The number of hydrogen-bond donors (Lipinski definition) is 2. The molecule has 116 valence electrons. The number of carbonyl (C=O) groups is 2. The third-order valence-corrected chi connectivity index (χ3v) is 3.00. The molecule has 0 saturated carbocycles. The molecule has 0 aliphatic heterocycles. The Balaban J connectivity index is 2.23. The van der Waals surface area contributed by atoms with Gasteiger partial charge in [0.2, 0.25) is 5.91 Å². The van der Waals surface area contributed by atoms with Crippen LogP contribution in [0, 0.1) is 5.82 Å². The van der Waals surface area contributed by atoms with Crippen molar-refractivity contribution < 1.29 is 23.8 Å². The van der Waals surface area contributed by atoms with Gasteiger partial charge in [-0.15, -0.1) is 0 Å². The number of halogens is 1. The van der Waals surface area contributed by atoms with E-state index in [1.165, 1.54) is 19.2 Å². The summed E-state index contributed by atoms with van der Waals surface area (Å²) in [6.45, 7) is 0.461. The summed E-state index contributed by atoms with van der Waals surface area (Å²) >= 11 is 0. The van der Waals surface area contributed by atoms with Gasteiger partial charge < -0.3 is 15.2 Å². The standard InChI is InChI=1S/C15H20FNO4/c1-21-13-7-5-11(10-12(13)16)6-8-14(18)17-9-3-2-4-15(19)20/h5,7,10H,2-4,6,8-9H2,1H3,(H,17,18)(H,19,20). The molecule has 0 unspecified atom stereocenters. The van der Waals surface area contributed by atoms with Crippen LogP contribution < -0.4 is 10.1 Å². The van der Waals surface area contributed by atoms with Crippen LogP contribution in [-0.4, -0.2) is 30.6 Å². The number of amides is 1. The first kappa shape index (κ1) is 16.9. The third kappa shape index (κ3) is 6.74. The molecule has 1 amide bonds. The molecule has 0 radical (unpaired) electrons. The van der Waals surface area contributed by atoms with Gasteiger partial charge in [-0.05, 0) is 37.0 Å². The summed E-state index contributed by atoms with van der Waals surface area (Å²) in [6, 6.07) is 4.62. The normalized spacial score (nSPS) is 10.2. The fourth-order valence-corrected chi connectivity index (χ4v) is 1.84. The van der Waals surface area contributed by atoms with E-state index in [9.17, 15) is 14.0 Å². The maximum Gasteiger partial charge on any atom is 0.303 e. The van der Waals surface area contributed by atoms with Gasteiger partial charge in [0.15, 0.2) is 11.6 Å². The maximum atomic E-state index is 13.5. The second-order valence-electron chi connectivity index (χ2n) is 4.67. The lowest BCUT2D eigenvalue weighted by molar-refractivity contribution is -0.137. The van der Waals surface area contributed by atoms with Crippen molar-refractivity contribution >= 4 is 11.9 Å². The number of nitrogens with one attached hydrogen (secondary N) is 1. The molecule has 6 heteroatoms. The zero-order valence-electron chi connectivity index (χ0n) is 12.0. The number of methoxy groups -OCH3 is 1. The van der Waals surface area contributed by atoms with E-state index >= 15 is 0 Å². The highest BCUT2D eigenvalue weighted by molar-refractivity contribution is 5.76. The molecule has 0 saturated heterocycles. The number of carbonyl (C=O) groups excluding carboxylic acids is 1. The van der Waals surface area contributed by atoms with Crippen molar-refractivity contribution in [2.45, 2.75) is 32.1 Å². The molecule has 2 N–H and O–H groups in total. The second-order valence-corrected chi connectivity index (χ2v) is 4.67. The predicted molar refractivity (Wildman–Crippen MR) is 75.8 cm³/mol. The Hall–Kier alpha value is -2.11. The second kappa shape index (κ2) is 8.94. The Morgan fingerprint density at radius 3 is 2.67 bits per heavy atom. The molecule has 0 spiro atoms. The molecule has 1 aromatic rings. The predicted octanol–water partition coefficient (Wildman–Crippen LogP) is 2.14. The maximum absolute atomic E-state index is 13.5. The molecule has 0 aliphatic rings. The highest BCUT2D eigenvalue weighted by Crippen LogP contribution is 2.18. The number of unbranched alkanes of at least 4 members (excludes halogenated alkanes) is 1. The minimum Gasteiger partial charge on any atom is -0.494 e. The van der Waals surface area contributed by atoms with Crippen LogP contribution in [0.4, 0.5) is 4.39 Å². The number of carboxylic acid groups (broad SMARTS) is 1. The summed E-state index contributed by atoms with van der Waals surface area (Å²) in [6.07, 6.45) is 2.00. The van der Waals surface area contributed by atoms with E-state index in [0.29, 0.717) is 25.8 Å². The minimum absolute atomic E-state index is 0.112. The molecule has 1 aromatic carbocycles. The van der Waals surface area contributed by atoms with E-state index < -0.39 is 11.8 Å². The summed E-state index contributed by atoms with van der Waals surface area (Å²) in [7, 11) is 1.40. The minimum atomic E-state index is -0.831. The van der Waals surface area contributed by atoms with Gasteiger partial charge in [-0.2, -0.15) is 0 Å². The lowest BCUT2D eigenvalue weighted by Crippen LogP contribution is -2.24. The first-order valence-corrected chi connectivity index (χ1v) is 6.84. The zero-order valence-corrected chi connectivity index (χ0v) is 12.0. The topological polar surface area (TPSA) is 75.6 Å². The fourth-order valence-electron chi connectivity index (χ4n) is 1.84. The van der Waals surface area contributed by atoms with Crippen molar-refractivity contribution in [3.8, 4) is 5.75 Å². The molecule has 0 aromatic heterocycles. The molecule has 1 rings (SSSR count). The first-order valence-electron chi connectivity index (χ1n) is 6.84. The third-order valence-electron chi connectivity index (χ3n) is 3.00. The Morgan fingerprint density at radius 2 is 2.05 bits per heavy atom. The van der Waals surface area contributed by atoms with Crippen LogP contribution in [0.15, 0.2) is 18.2 Å². The summed E-state index contributed by atoms with van der Waals surface area (Å²) in [4.78, 5) is 21.9. The van der Waals surface area contributed by atoms with Crippen molar-refractivity contribution in [3.05, 3.63) is 29.6 Å². The van der Waals surface area contributed by atoms with Gasteiger partial charge in [-0.25, -0.2) is 4.39 Å². The van der Waals surface area contributed by atoms with Crippen LogP contribution in [0.5, 0.6) is 5.75 Å². The molecule has 0 aliphatic carbocycles. The molecule has 0 atom stereocenters. The van der Waals surface area contributed by atoms with E-state index in [2.05, 4.69) is 5.32 Å². The van der Waals surface area contributed by atoms with E-state index in [4.69, 9.17) is 9.84 Å². The number of ether oxygens (including phenoxy) is 1. The number of benzene rings is 1. The van der Waals surface area contributed by atoms with Gasteiger partial charge in [0.1, 0.15) is 0 Å². The van der Waals surface area contributed by atoms with E-state index in [1.807, 2.05) is 0 Å². The molecular formula is C15H20FNO4. The van der Waals surface area contributed by atoms with Crippen LogP contribution in [-0.2, 0) is 16.0 Å². The highest BCUT2D eigenvalue weighted by Gasteiger charge is 2.06. The Morgan fingerprint density at radius 1 is 1.29 bits per heavy atom. The number of carboxylic acids is 1. The Labute approximate surface area is 123 Å². The SMILES string of the molecule is COc1ccc(CCC(=O)NCCCCC(=O)O)cc1F. The van der Waals surface area contributed by atoms with Crippen LogP contribution in [0.25, 0.3) is 0 Å². The lowest BCUT2D eigenvalue weighted by Gasteiger charge is -2.06. The quantitative estimate of drug-likeness (QED) is 0.685. The highest BCUT2D eigenvalue weighted by atomic mass is 19.1. The Bertz CT molecular complexity index is 491. The first-order chi connectivity index (χ1) is 10.0. The molecule has 0 bridgehead atoms. The van der Waals surface area contributed by atoms with Gasteiger partial charge in [-0.3, -0.25) is 9.59 Å². The smallest absolute Gasteiger partial charge is 0.303 e. The van der Waals surface area contributed by atoms with Gasteiger partial charge >= 0.3 is 5.97 Å². The van der Waals surface area contributed by atoms with Crippen molar-refractivity contribution in [1.29, 1.82) is 0 Å². The number of aliphatic carboxylic acids is 1. The van der Waals surface area contributed by atoms with Gasteiger partial charge in [0.25, 0.3) is 0 Å². The number of aryl methyl sites for hydroxylation is 1. The fraction of sp³-hybridized carbons (Fsp3) is 0.467. The summed E-state index contributed by atoms with van der Waals surface area (Å²) in [5.74, 6) is -1.21. The summed E-state index contributed by atoms with van der Waals surface area (Å²) in [5.41, 5.74) is 0.731. The average Bonchev–Trinajstić information content (AvgIpc) is 2.44. The average molecular weight is 297 g/mol. The van der Waals surface area contributed by atoms with Crippen molar-refractivity contribution in [1.82, 2.24) is 5.32 Å². The van der Waals surface area contributed by atoms with Gasteiger partial charge in [0.05, 0.1) is 7.11 Å². The van der Waals surface area contributed by atoms with Crippen molar-refractivity contribution in [2.24, 2.45) is 0 Å². The largest absolute Gasteiger partial charge is 0.494 e. The van der Waals surface area contributed by atoms with E-state index in [1.54, 1.807) is 6.07 Å². The van der Waals surface area contributed by atoms with E-state index in [0.717, 1.165) is 5.56 Å². The summed E-state index contributed by atoms with van der Waals surface area (Å²) < 4.78 is 18.3. The van der Waals surface area contributed by atoms with Crippen LogP contribution in [0.2, 0.25) is 0 Å². The van der Waals surface area contributed by atoms with Gasteiger partial charge in [-0.1, -0.05) is 6.07 Å². The van der Waals surface area contributed by atoms with E-state index in [-0.39, 0.29) is 24.5 Å². The molecule has 0 heterocycles. The number of rotatable bonds is 9. The summed E-state index contributed by atoms with van der Waals surface area (Å²) in [5, 5.41) is 11.2. The van der Waals surface area contributed by atoms with Crippen LogP contribution in [0.3, 0.4) is 0 Å². The molecule has 21 heavy (non-hydrogen) atoms. The van der Waals surface area contributed by atoms with Crippen molar-refractivity contribution in [2.75, 3.05) is 13.7 Å². The Kier molecular flexibility index (Phi) is 7.21. The van der Waals surface area contributed by atoms with Crippen LogP contribution >= 0.6 is 0 Å². The lowest BCUT2D eigenvalue weighted by atomic mass is 10.1. The molecular weight excluding hydrogens is 277 g/mol. The number of hydrogen-bond acceptors (Lipinski definition) is 3. The molecule has 0 fully saturated rings.